The van der Waals surface area contributed by atoms with Crippen molar-refractivity contribution in [3.63, 3.8) is 0 Å². The van der Waals surface area contributed by atoms with Gasteiger partial charge < -0.3 is 14.3 Å². The zero-order chi connectivity index (χ0) is 21.3. The number of rotatable bonds is 6. The lowest BCUT2D eigenvalue weighted by molar-refractivity contribution is -0.136. The lowest BCUT2D eigenvalue weighted by Gasteiger charge is -2.15. The van der Waals surface area contributed by atoms with Crippen molar-refractivity contribution < 1.29 is 19.1 Å². The third-order valence-electron chi connectivity index (χ3n) is 5.07. The first-order chi connectivity index (χ1) is 14.5. The Morgan fingerprint density at radius 1 is 1.07 bits per heavy atom. The number of fused-ring (bicyclic) bond motifs is 1. The van der Waals surface area contributed by atoms with E-state index < -0.39 is 11.7 Å². The minimum absolute atomic E-state index is 0.0793. The molecule has 1 aromatic heterocycles. The molecule has 0 fully saturated rings. The van der Waals surface area contributed by atoms with Crippen LogP contribution in [-0.2, 0) is 17.8 Å². The van der Waals surface area contributed by atoms with Gasteiger partial charge in [-0.3, -0.25) is 9.36 Å². The van der Waals surface area contributed by atoms with Gasteiger partial charge in [0.05, 0.1) is 25.6 Å². The number of aliphatic carboxylic acids is 1. The third kappa shape index (κ3) is 3.72. The van der Waals surface area contributed by atoms with Crippen molar-refractivity contribution >= 4 is 17.1 Å². The van der Waals surface area contributed by atoms with E-state index in [1.807, 2.05) is 49.4 Å². The van der Waals surface area contributed by atoms with Gasteiger partial charge in [0, 0.05) is 5.56 Å². The van der Waals surface area contributed by atoms with Crippen LogP contribution in [0.3, 0.4) is 0 Å². The van der Waals surface area contributed by atoms with Crippen molar-refractivity contribution in [1.29, 1.82) is 0 Å². The van der Waals surface area contributed by atoms with Crippen LogP contribution in [0.2, 0.25) is 0 Å². The van der Waals surface area contributed by atoms with Crippen LogP contribution in [-0.4, -0.2) is 22.8 Å². The Bertz CT molecular complexity index is 1300. The Labute approximate surface area is 173 Å². The SMILES string of the molecule is COc1ccc(CC(=O)O)cc1-c1ccc(C)cc1Cn1c(=O)oc2ccccc21. The molecule has 3 aromatic carbocycles. The van der Waals surface area contributed by atoms with Gasteiger partial charge in [0.1, 0.15) is 5.75 Å². The van der Waals surface area contributed by atoms with Gasteiger partial charge in [-0.05, 0) is 47.9 Å². The normalized spacial score (nSPS) is 11.0. The second kappa shape index (κ2) is 7.91. The molecule has 0 saturated heterocycles. The van der Waals surface area contributed by atoms with Gasteiger partial charge >= 0.3 is 11.7 Å². The van der Waals surface area contributed by atoms with E-state index in [1.165, 1.54) is 0 Å². The van der Waals surface area contributed by atoms with E-state index in [2.05, 4.69) is 0 Å². The number of methoxy groups -OCH3 is 1. The highest BCUT2D eigenvalue weighted by Crippen LogP contribution is 2.34. The highest BCUT2D eigenvalue weighted by molar-refractivity contribution is 5.77. The second-order valence-corrected chi connectivity index (χ2v) is 7.19. The van der Waals surface area contributed by atoms with E-state index in [0.29, 0.717) is 23.4 Å². The summed E-state index contributed by atoms with van der Waals surface area (Å²) in [5, 5.41) is 9.17. The molecule has 0 aliphatic heterocycles. The maximum Gasteiger partial charge on any atom is 0.420 e. The number of carboxylic acid groups (broad SMARTS) is 1. The fourth-order valence-corrected chi connectivity index (χ4v) is 3.70. The van der Waals surface area contributed by atoms with Crippen molar-refractivity contribution in [2.45, 2.75) is 19.9 Å². The maximum atomic E-state index is 12.5. The summed E-state index contributed by atoms with van der Waals surface area (Å²) in [5.74, 6) is -0.680. The van der Waals surface area contributed by atoms with Crippen LogP contribution in [0.15, 0.2) is 69.9 Å². The lowest BCUT2D eigenvalue weighted by Crippen LogP contribution is -2.15. The summed E-state index contributed by atoms with van der Waals surface area (Å²) in [7, 11) is 1.58. The second-order valence-electron chi connectivity index (χ2n) is 7.19. The van der Waals surface area contributed by atoms with Crippen LogP contribution in [0.25, 0.3) is 22.2 Å². The molecule has 4 aromatic rings. The number of carboxylic acids is 1. The zero-order valence-electron chi connectivity index (χ0n) is 16.7. The van der Waals surface area contributed by atoms with E-state index in [1.54, 1.807) is 29.9 Å². The number of aromatic nitrogens is 1. The molecule has 30 heavy (non-hydrogen) atoms. The number of nitrogens with zero attached hydrogens (tertiary/aromatic N) is 1. The average molecular weight is 403 g/mol. The van der Waals surface area contributed by atoms with Gasteiger partial charge in [-0.15, -0.1) is 0 Å². The molecule has 0 radical (unpaired) electrons. The van der Waals surface area contributed by atoms with E-state index >= 15 is 0 Å². The van der Waals surface area contributed by atoms with Gasteiger partial charge in [-0.25, -0.2) is 4.79 Å². The van der Waals surface area contributed by atoms with Crippen molar-refractivity contribution in [2.24, 2.45) is 0 Å². The molecule has 1 N–H and O–H groups in total. The molecule has 6 heteroatoms. The maximum absolute atomic E-state index is 12.5. The van der Waals surface area contributed by atoms with Crippen LogP contribution in [0, 0.1) is 6.92 Å². The summed E-state index contributed by atoms with van der Waals surface area (Å²) >= 11 is 0. The van der Waals surface area contributed by atoms with Crippen LogP contribution < -0.4 is 10.5 Å². The first-order valence-corrected chi connectivity index (χ1v) is 9.53. The fourth-order valence-electron chi connectivity index (χ4n) is 3.70. The number of ether oxygens (including phenoxy) is 1. The van der Waals surface area contributed by atoms with Crippen molar-refractivity contribution in [3.05, 3.63) is 87.9 Å². The summed E-state index contributed by atoms with van der Waals surface area (Å²) < 4.78 is 12.5. The number of oxazole rings is 1. The van der Waals surface area contributed by atoms with Crippen molar-refractivity contribution in [2.75, 3.05) is 7.11 Å². The van der Waals surface area contributed by atoms with Crippen LogP contribution in [0.1, 0.15) is 16.7 Å². The summed E-state index contributed by atoms with van der Waals surface area (Å²) in [5.41, 5.74) is 5.56. The Morgan fingerprint density at radius 2 is 1.87 bits per heavy atom. The highest BCUT2D eigenvalue weighted by Gasteiger charge is 2.16. The first kappa shape index (κ1) is 19.5. The molecule has 1 heterocycles. The Morgan fingerprint density at radius 3 is 2.63 bits per heavy atom. The van der Waals surface area contributed by atoms with Gasteiger partial charge in [-0.2, -0.15) is 0 Å². The van der Waals surface area contributed by atoms with Crippen molar-refractivity contribution in [1.82, 2.24) is 4.57 Å². The lowest BCUT2D eigenvalue weighted by atomic mass is 9.95. The number of para-hydroxylation sites is 2. The number of carbonyl (C=O) groups is 1. The standard InChI is InChI=1S/C24H21NO5/c1-15-7-9-18(19-12-16(13-23(26)27)8-10-21(19)29-2)17(11-15)14-25-20-5-3-4-6-22(20)30-24(25)28/h3-12H,13-14H2,1-2H3,(H,26,27). The molecule has 0 saturated carbocycles. The molecule has 0 bridgehead atoms. The highest BCUT2D eigenvalue weighted by atomic mass is 16.5. The first-order valence-electron chi connectivity index (χ1n) is 9.53. The van der Waals surface area contributed by atoms with E-state index in [4.69, 9.17) is 14.3 Å². The topological polar surface area (TPSA) is 81.7 Å². The predicted octanol–water partition coefficient (Wildman–Crippen LogP) is 4.25. The quantitative estimate of drug-likeness (QED) is 0.520. The predicted molar refractivity (Wildman–Crippen MR) is 114 cm³/mol. The van der Waals surface area contributed by atoms with Gasteiger partial charge in [0.15, 0.2) is 5.58 Å². The number of hydrogen-bond acceptors (Lipinski definition) is 4. The Hall–Kier alpha value is -3.80. The number of hydrogen-bond donors (Lipinski definition) is 1. The summed E-state index contributed by atoms with van der Waals surface area (Å²) in [6, 6.07) is 18.6. The van der Waals surface area contributed by atoms with E-state index in [9.17, 15) is 9.59 Å². The minimum atomic E-state index is -0.897. The largest absolute Gasteiger partial charge is 0.496 e. The molecule has 0 aliphatic carbocycles. The molecule has 0 spiro atoms. The van der Waals surface area contributed by atoms with Gasteiger partial charge in [0.25, 0.3) is 0 Å². The zero-order valence-corrected chi connectivity index (χ0v) is 16.7. The minimum Gasteiger partial charge on any atom is -0.496 e. The summed E-state index contributed by atoms with van der Waals surface area (Å²) in [6.45, 7) is 2.31. The van der Waals surface area contributed by atoms with Crippen molar-refractivity contribution in [3.8, 4) is 16.9 Å². The number of benzene rings is 3. The molecule has 0 amide bonds. The molecule has 4 rings (SSSR count). The molecular weight excluding hydrogens is 382 g/mol. The van der Waals surface area contributed by atoms with Crippen LogP contribution >= 0.6 is 0 Å². The molecule has 6 nitrogen and oxygen atoms in total. The molecule has 0 atom stereocenters. The summed E-state index contributed by atoms with van der Waals surface area (Å²) in [6.07, 6.45) is -0.0793. The van der Waals surface area contributed by atoms with Crippen LogP contribution in [0.5, 0.6) is 5.75 Å². The third-order valence-corrected chi connectivity index (χ3v) is 5.07. The molecular formula is C24H21NO5. The van der Waals surface area contributed by atoms with Crippen LogP contribution in [0.4, 0.5) is 0 Å². The monoisotopic (exact) mass is 403 g/mol. The van der Waals surface area contributed by atoms with Gasteiger partial charge in [-0.1, -0.05) is 42.0 Å². The average Bonchev–Trinajstić information content (AvgIpc) is 3.03. The van der Waals surface area contributed by atoms with E-state index in [0.717, 1.165) is 27.8 Å². The van der Waals surface area contributed by atoms with E-state index in [-0.39, 0.29) is 6.42 Å². The molecule has 0 aliphatic rings. The molecule has 152 valence electrons. The Balaban J connectivity index is 1.86. The number of aryl methyl sites for hydroxylation is 1. The Kier molecular flexibility index (Phi) is 5.14. The summed E-state index contributed by atoms with van der Waals surface area (Å²) in [4.78, 5) is 23.7. The fraction of sp³-hybridized carbons (Fsp3) is 0.167. The van der Waals surface area contributed by atoms with Gasteiger partial charge in [0.2, 0.25) is 0 Å². The smallest absolute Gasteiger partial charge is 0.420 e. The molecule has 0 unspecified atom stereocenters.